The van der Waals surface area contributed by atoms with Gasteiger partial charge >= 0.3 is 5.97 Å². The van der Waals surface area contributed by atoms with E-state index in [4.69, 9.17) is 4.74 Å². The van der Waals surface area contributed by atoms with Crippen LogP contribution in [0, 0.1) is 0 Å². The van der Waals surface area contributed by atoms with Gasteiger partial charge < -0.3 is 15.4 Å². The quantitative estimate of drug-likeness (QED) is 0.688. The van der Waals surface area contributed by atoms with Crippen LogP contribution in [0.2, 0.25) is 0 Å². The van der Waals surface area contributed by atoms with E-state index in [0.29, 0.717) is 22.8 Å². The van der Waals surface area contributed by atoms with Crippen LogP contribution in [0.1, 0.15) is 20.8 Å². The van der Waals surface area contributed by atoms with Crippen LogP contribution in [0.3, 0.4) is 0 Å². The number of hydrogen-bond acceptors (Lipinski definition) is 6. The summed E-state index contributed by atoms with van der Waals surface area (Å²) in [5.41, 5.74) is 1.95. The number of para-hydroxylation sites is 1. The Morgan fingerprint density at radius 1 is 0.923 bits per heavy atom. The van der Waals surface area contributed by atoms with Gasteiger partial charge in [-0.1, -0.05) is 24.3 Å². The van der Waals surface area contributed by atoms with Gasteiger partial charge in [0.15, 0.2) is 0 Å². The lowest BCUT2D eigenvalue weighted by molar-refractivity contribution is 0.0600. The van der Waals surface area contributed by atoms with Crippen LogP contribution >= 0.6 is 0 Å². The Labute approximate surface area is 150 Å². The number of anilines is 3. The van der Waals surface area contributed by atoms with Crippen molar-refractivity contribution < 1.29 is 14.3 Å². The molecule has 0 saturated carbocycles. The van der Waals surface area contributed by atoms with Gasteiger partial charge in [0.1, 0.15) is 17.8 Å². The third-order valence-electron chi connectivity index (χ3n) is 3.49. The molecule has 0 radical (unpaired) electrons. The maximum atomic E-state index is 12.3. The van der Waals surface area contributed by atoms with Crippen LogP contribution in [0.4, 0.5) is 17.2 Å². The summed E-state index contributed by atoms with van der Waals surface area (Å²) in [4.78, 5) is 32.0. The van der Waals surface area contributed by atoms with Gasteiger partial charge in [-0.2, -0.15) is 0 Å². The summed E-state index contributed by atoms with van der Waals surface area (Å²) in [7, 11) is 1.32. The van der Waals surface area contributed by atoms with Crippen molar-refractivity contribution in [2.45, 2.75) is 0 Å². The molecule has 2 N–H and O–H groups in total. The van der Waals surface area contributed by atoms with Crippen molar-refractivity contribution in [3.63, 3.8) is 0 Å². The fourth-order valence-corrected chi connectivity index (χ4v) is 2.26. The van der Waals surface area contributed by atoms with Crippen molar-refractivity contribution in [1.29, 1.82) is 0 Å². The highest BCUT2D eigenvalue weighted by molar-refractivity contribution is 6.03. The van der Waals surface area contributed by atoms with Crippen molar-refractivity contribution in [3.8, 4) is 0 Å². The first-order valence-corrected chi connectivity index (χ1v) is 7.79. The standard InChI is InChI=1S/C19H16N4O3/c1-26-19(25)13-6-5-9-15(10-13)22-17-11-16(20-12-21-17)18(24)23-14-7-3-2-4-8-14/h2-12H,1H3,(H,23,24)(H,20,21,22). The molecular weight excluding hydrogens is 332 g/mol. The number of esters is 1. The lowest BCUT2D eigenvalue weighted by Crippen LogP contribution is -2.14. The summed E-state index contributed by atoms with van der Waals surface area (Å²) in [6.45, 7) is 0. The second kappa shape index (κ2) is 7.89. The first-order valence-electron chi connectivity index (χ1n) is 7.79. The molecule has 0 aliphatic heterocycles. The minimum atomic E-state index is -0.431. The highest BCUT2D eigenvalue weighted by Gasteiger charge is 2.10. The van der Waals surface area contributed by atoms with Crippen molar-refractivity contribution in [2.24, 2.45) is 0 Å². The number of hydrogen-bond donors (Lipinski definition) is 2. The van der Waals surface area contributed by atoms with E-state index in [1.54, 1.807) is 36.4 Å². The number of ether oxygens (including phenoxy) is 1. The first-order chi connectivity index (χ1) is 12.7. The zero-order valence-corrected chi connectivity index (χ0v) is 14.0. The monoisotopic (exact) mass is 348 g/mol. The first kappa shape index (κ1) is 17.1. The number of methoxy groups -OCH3 is 1. The van der Waals surface area contributed by atoms with Gasteiger partial charge in [-0.15, -0.1) is 0 Å². The van der Waals surface area contributed by atoms with E-state index >= 15 is 0 Å². The molecule has 1 heterocycles. The molecule has 0 aliphatic carbocycles. The Morgan fingerprint density at radius 2 is 1.69 bits per heavy atom. The number of carbonyl (C=O) groups is 2. The molecule has 3 rings (SSSR count). The van der Waals surface area contributed by atoms with Crippen molar-refractivity contribution in [2.75, 3.05) is 17.7 Å². The smallest absolute Gasteiger partial charge is 0.337 e. The van der Waals surface area contributed by atoms with E-state index < -0.39 is 5.97 Å². The molecule has 7 heteroatoms. The summed E-state index contributed by atoms with van der Waals surface area (Å²) in [5, 5.41) is 5.81. The second-order valence-electron chi connectivity index (χ2n) is 5.31. The Morgan fingerprint density at radius 3 is 2.46 bits per heavy atom. The van der Waals surface area contributed by atoms with Gasteiger partial charge in [-0.05, 0) is 30.3 Å². The van der Waals surface area contributed by atoms with Crippen LogP contribution in [0.25, 0.3) is 0 Å². The maximum absolute atomic E-state index is 12.3. The van der Waals surface area contributed by atoms with Gasteiger partial charge in [0.2, 0.25) is 0 Å². The predicted molar refractivity (Wildman–Crippen MR) is 97.5 cm³/mol. The van der Waals surface area contributed by atoms with Crippen LogP contribution in [0.5, 0.6) is 0 Å². The zero-order valence-electron chi connectivity index (χ0n) is 14.0. The number of aromatic nitrogens is 2. The van der Waals surface area contributed by atoms with Crippen molar-refractivity contribution >= 4 is 29.1 Å². The van der Waals surface area contributed by atoms with Crippen molar-refractivity contribution in [1.82, 2.24) is 9.97 Å². The van der Waals surface area contributed by atoms with E-state index in [9.17, 15) is 9.59 Å². The van der Waals surface area contributed by atoms with E-state index in [1.807, 2.05) is 18.2 Å². The molecule has 7 nitrogen and oxygen atoms in total. The fourth-order valence-electron chi connectivity index (χ4n) is 2.26. The summed E-state index contributed by atoms with van der Waals surface area (Å²) in [5.74, 6) is -0.343. The Kier molecular flexibility index (Phi) is 5.19. The molecule has 0 unspecified atom stereocenters. The Bertz CT molecular complexity index is 929. The third-order valence-corrected chi connectivity index (χ3v) is 3.49. The highest BCUT2D eigenvalue weighted by Crippen LogP contribution is 2.17. The molecular formula is C19H16N4O3. The Balaban J connectivity index is 1.75. The molecule has 0 bridgehead atoms. The lowest BCUT2D eigenvalue weighted by Gasteiger charge is -2.08. The summed E-state index contributed by atoms with van der Waals surface area (Å²) in [6, 6.07) is 17.4. The van der Waals surface area contributed by atoms with E-state index in [-0.39, 0.29) is 11.6 Å². The van der Waals surface area contributed by atoms with Crippen LogP contribution in [0.15, 0.2) is 67.0 Å². The minimum absolute atomic E-state index is 0.218. The molecule has 1 amide bonds. The molecule has 26 heavy (non-hydrogen) atoms. The normalized spacial score (nSPS) is 10.0. The van der Waals surface area contributed by atoms with Gasteiger partial charge in [0.25, 0.3) is 5.91 Å². The molecule has 3 aromatic rings. The van der Waals surface area contributed by atoms with Gasteiger partial charge in [0.05, 0.1) is 12.7 Å². The predicted octanol–water partition coefficient (Wildman–Crippen LogP) is 3.26. The van der Waals surface area contributed by atoms with E-state index in [2.05, 4.69) is 20.6 Å². The van der Waals surface area contributed by atoms with E-state index in [1.165, 1.54) is 19.5 Å². The topological polar surface area (TPSA) is 93.2 Å². The number of benzene rings is 2. The summed E-state index contributed by atoms with van der Waals surface area (Å²) in [6.07, 6.45) is 1.30. The third kappa shape index (κ3) is 4.21. The number of amides is 1. The molecule has 0 saturated heterocycles. The van der Waals surface area contributed by atoms with Crippen LogP contribution in [-0.2, 0) is 4.74 Å². The summed E-state index contributed by atoms with van der Waals surface area (Å²) >= 11 is 0. The highest BCUT2D eigenvalue weighted by atomic mass is 16.5. The number of rotatable bonds is 5. The number of nitrogens with zero attached hydrogens (tertiary/aromatic N) is 2. The van der Waals surface area contributed by atoms with Crippen molar-refractivity contribution in [3.05, 3.63) is 78.2 Å². The number of nitrogens with one attached hydrogen (secondary N) is 2. The molecule has 0 spiro atoms. The Hall–Kier alpha value is -3.74. The van der Waals surface area contributed by atoms with Crippen LogP contribution < -0.4 is 10.6 Å². The molecule has 0 aliphatic rings. The number of carbonyl (C=O) groups excluding carboxylic acids is 2. The average molecular weight is 348 g/mol. The van der Waals surface area contributed by atoms with Crippen LogP contribution in [-0.4, -0.2) is 29.0 Å². The largest absolute Gasteiger partial charge is 0.465 e. The van der Waals surface area contributed by atoms with E-state index in [0.717, 1.165) is 0 Å². The van der Waals surface area contributed by atoms with Gasteiger partial charge in [0, 0.05) is 17.4 Å². The average Bonchev–Trinajstić information content (AvgIpc) is 2.68. The SMILES string of the molecule is COC(=O)c1cccc(Nc2cc(C(=O)Nc3ccccc3)ncn2)c1. The zero-order chi connectivity index (χ0) is 18.4. The maximum Gasteiger partial charge on any atom is 0.337 e. The molecule has 0 atom stereocenters. The molecule has 1 aromatic heterocycles. The lowest BCUT2D eigenvalue weighted by atomic mass is 10.2. The van der Waals surface area contributed by atoms with Gasteiger partial charge in [-0.25, -0.2) is 14.8 Å². The molecule has 130 valence electrons. The van der Waals surface area contributed by atoms with Gasteiger partial charge in [-0.3, -0.25) is 4.79 Å². The second-order valence-corrected chi connectivity index (χ2v) is 5.31. The molecule has 0 fully saturated rings. The molecule has 2 aromatic carbocycles. The fraction of sp³-hybridized carbons (Fsp3) is 0.0526. The minimum Gasteiger partial charge on any atom is -0.465 e. The summed E-state index contributed by atoms with van der Waals surface area (Å²) < 4.78 is 4.70.